The van der Waals surface area contributed by atoms with Crippen LogP contribution in [-0.2, 0) is 4.79 Å². The summed E-state index contributed by atoms with van der Waals surface area (Å²) in [6, 6.07) is 3.43. The van der Waals surface area contributed by atoms with E-state index in [2.05, 4.69) is 15.6 Å². The van der Waals surface area contributed by atoms with Gasteiger partial charge in [-0.2, -0.15) is 0 Å². The second-order valence-corrected chi connectivity index (χ2v) is 3.56. The van der Waals surface area contributed by atoms with Crippen LogP contribution in [0.15, 0.2) is 22.8 Å². The molecular formula is C11H13N3O3. The molecule has 0 bridgehead atoms. The van der Waals surface area contributed by atoms with Crippen molar-refractivity contribution in [2.24, 2.45) is 0 Å². The van der Waals surface area contributed by atoms with E-state index in [4.69, 9.17) is 4.42 Å². The summed E-state index contributed by atoms with van der Waals surface area (Å²) in [4.78, 5) is 24.6. The first kappa shape index (κ1) is 11.3. The third-order valence-corrected chi connectivity index (χ3v) is 2.35. The zero-order valence-electron chi connectivity index (χ0n) is 9.16. The molecule has 2 aromatic rings. The lowest BCUT2D eigenvalue weighted by molar-refractivity contribution is -0.109. The van der Waals surface area contributed by atoms with Crippen LogP contribution in [0.4, 0.5) is 0 Å². The number of hydrogen-bond acceptors (Lipinski definition) is 3. The fraction of sp³-hybridized carbons (Fsp3) is 0.273. The molecule has 0 spiro atoms. The van der Waals surface area contributed by atoms with Gasteiger partial charge in [0, 0.05) is 25.2 Å². The summed E-state index contributed by atoms with van der Waals surface area (Å²) < 4.78 is 5.15. The van der Waals surface area contributed by atoms with Gasteiger partial charge in [-0.05, 0) is 6.42 Å². The lowest BCUT2D eigenvalue weighted by atomic mass is 10.3. The molecule has 0 aliphatic carbocycles. The molecule has 0 saturated heterocycles. The zero-order chi connectivity index (χ0) is 12.1. The van der Waals surface area contributed by atoms with Gasteiger partial charge in [0.2, 0.25) is 6.41 Å². The normalized spacial score (nSPS) is 10.4. The molecule has 0 aromatic carbocycles. The fourth-order valence-electron chi connectivity index (χ4n) is 1.52. The maximum atomic E-state index is 11.7. The lowest BCUT2D eigenvalue weighted by Crippen LogP contribution is -2.27. The number of amides is 2. The molecule has 0 fully saturated rings. The van der Waals surface area contributed by atoms with Gasteiger partial charge in [0.15, 0.2) is 5.58 Å². The van der Waals surface area contributed by atoms with Crippen LogP contribution < -0.4 is 10.6 Å². The van der Waals surface area contributed by atoms with E-state index in [1.54, 1.807) is 18.4 Å². The minimum atomic E-state index is -0.178. The molecule has 0 aliphatic rings. The molecule has 0 aliphatic heterocycles. The van der Waals surface area contributed by atoms with Crippen LogP contribution in [0.1, 0.15) is 16.9 Å². The van der Waals surface area contributed by atoms with Crippen LogP contribution in [-0.4, -0.2) is 30.4 Å². The molecule has 6 heteroatoms. The Morgan fingerprint density at radius 1 is 1.47 bits per heavy atom. The van der Waals surface area contributed by atoms with E-state index < -0.39 is 0 Å². The molecule has 2 aromatic heterocycles. The Morgan fingerprint density at radius 2 is 2.35 bits per heavy atom. The molecule has 0 saturated carbocycles. The SMILES string of the molecule is O=CNCCCNC(=O)c1cc2occc2[nH]1. The molecule has 0 unspecified atom stereocenters. The number of carbonyl (C=O) groups is 2. The number of rotatable bonds is 6. The summed E-state index contributed by atoms with van der Waals surface area (Å²) in [6.07, 6.45) is 2.90. The van der Waals surface area contributed by atoms with Gasteiger partial charge in [0.1, 0.15) is 5.69 Å². The fourth-order valence-corrected chi connectivity index (χ4v) is 1.52. The minimum absolute atomic E-state index is 0.178. The van der Waals surface area contributed by atoms with Gasteiger partial charge < -0.3 is 20.0 Å². The lowest BCUT2D eigenvalue weighted by Gasteiger charge is -2.02. The van der Waals surface area contributed by atoms with Gasteiger partial charge in [-0.25, -0.2) is 0 Å². The topological polar surface area (TPSA) is 87.1 Å². The van der Waals surface area contributed by atoms with Crippen LogP contribution in [0.3, 0.4) is 0 Å². The predicted octanol–water partition coefficient (Wildman–Crippen LogP) is 0.627. The number of aromatic nitrogens is 1. The summed E-state index contributed by atoms with van der Waals surface area (Å²) in [5, 5.41) is 5.27. The monoisotopic (exact) mass is 235 g/mol. The van der Waals surface area contributed by atoms with E-state index in [0.717, 1.165) is 5.52 Å². The summed E-state index contributed by atoms with van der Waals surface area (Å²) in [5.41, 5.74) is 1.94. The first-order chi connectivity index (χ1) is 8.31. The molecular weight excluding hydrogens is 222 g/mol. The van der Waals surface area contributed by atoms with E-state index in [9.17, 15) is 9.59 Å². The molecule has 2 amide bonds. The van der Waals surface area contributed by atoms with Crippen LogP contribution >= 0.6 is 0 Å². The van der Waals surface area contributed by atoms with Gasteiger partial charge in [0.05, 0.1) is 11.8 Å². The number of carbonyl (C=O) groups excluding carboxylic acids is 2. The van der Waals surface area contributed by atoms with Crippen molar-refractivity contribution in [3.8, 4) is 0 Å². The highest BCUT2D eigenvalue weighted by Gasteiger charge is 2.09. The molecule has 3 N–H and O–H groups in total. The van der Waals surface area contributed by atoms with Crippen LogP contribution in [0.5, 0.6) is 0 Å². The van der Waals surface area contributed by atoms with E-state index in [-0.39, 0.29) is 5.91 Å². The predicted molar refractivity (Wildman–Crippen MR) is 61.6 cm³/mol. The van der Waals surface area contributed by atoms with Gasteiger partial charge in [-0.3, -0.25) is 9.59 Å². The van der Waals surface area contributed by atoms with Gasteiger partial charge in [0.25, 0.3) is 5.91 Å². The van der Waals surface area contributed by atoms with Gasteiger partial charge >= 0.3 is 0 Å². The summed E-state index contributed by atoms with van der Waals surface area (Å²) >= 11 is 0. The molecule has 6 nitrogen and oxygen atoms in total. The Kier molecular flexibility index (Phi) is 3.44. The van der Waals surface area contributed by atoms with E-state index in [0.29, 0.717) is 37.2 Å². The molecule has 2 heterocycles. The minimum Gasteiger partial charge on any atom is -0.463 e. The third-order valence-electron chi connectivity index (χ3n) is 2.35. The maximum Gasteiger partial charge on any atom is 0.267 e. The average molecular weight is 235 g/mol. The first-order valence-electron chi connectivity index (χ1n) is 5.32. The molecule has 90 valence electrons. The van der Waals surface area contributed by atoms with Crippen molar-refractivity contribution in [1.82, 2.24) is 15.6 Å². The first-order valence-corrected chi connectivity index (χ1v) is 5.32. The van der Waals surface area contributed by atoms with Crippen LogP contribution in [0.25, 0.3) is 11.1 Å². The smallest absolute Gasteiger partial charge is 0.267 e. The highest BCUT2D eigenvalue weighted by Crippen LogP contribution is 2.15. The largest absolute Gasteiger partial charge is 0.463 e. The summed E-state index contributed by atoms with van der Waals surface area (Å²) in [6.45, 7) is 1.07. The number of hydrogen-bond donors (Lipinski definition) is 3. The van der Waals surface area contributed by atoms with E-state index in [1.165, 1.54) is 0 Å². The molecule has 0 radical (unpaired) electrons. The van der Waals surface area contributed by atoms with Crippen molar-refractivity contribution in [2.75, 3.05) is 13.1 Å². The number of aromatic amines is 1. The quantitative estimate of drug-likeness (QED) is 0.507. The van der Waals surface area contributed by atoms with Crippen molar-refractivity contribution in [2.45, 2.75) is 6.42 Å². The van der Waals surface area contributed by atoms with Gasteiger partial charge in [-0.15, -0.1) is 0 Å². The maximum absolute atomic E-state index is 11.7. The Hall–Kier alpha value is -2.24. The van der Waals surface area contributed by atoms with E-state index >= 15 is 0 Å². The number of nitrogens with one attached hydrogen (secondary N) is 3. The highest BCUT2D eigenvalue weighted by atomic mass is 16.3. The molecule has 2 rings (SSSR count). The average Bonchev–Trinajstić information content (AvgIpc) is 2.88. The molecule has 0 atom stereocenters. The van der Waals surface area contributed by atoms with Crippen molar-refractivity contribution in [3.63, 3.8) is 0 Å². The Morgan fingerprint density at radius 3 is 3.12 bits per heavy atom. The Balaban J connectivity index is 1.83. The number of fused-ring (bicyclic) bond motifs is 1. The third kappa shape index (κ3) is 2.66. The number of H-pyrrole nitrogens is 1. The Bertz CT molecular complexity index is 486. The zero-order valence-corrected chi connectivity index (χ0v) is 9.16. The van der Waals surface area contributed by atoms with Crippen molar-refractivity contribution >= 4 is 23.4 Å². The van der Waals surface area contributed by atoms with Crippen molar-refractivity contribution in [1.29, 1.82) is 0 Å². The Labute approximate surface area is 97.4 Å². The second-order valence-electron chi connectivity index (χ2n) is 3.56. The van der Waals surface area contributed by atoms with Crippen LogP contribution in [0, 0.1) is 0 Å². The number of furan rings is 1. The van der Waals surface area contributed by atoms with Crippen LogP contribution in [0.2, 0.25) is 0 Å². The summed E-state index contributed by atoms with van der Waals surface area (Å²) in [7, 11) is 0. The van der Waals surface area contributed by atoms with Crippen molar-refractivity contribution in [3.05, 3.63) is 24.1 Å². The second kappa shape index (κ2) is 5.20. The van der Waals surface area contributed by atoms with E-state index in [1.807, 2.05) is 0 Å². The standard InChI is InChI=1S/C11H13N3O3/c15-7-12-3-1-4-13-11(16)9-6-10-8(14-9)2-5-17-10/h2,5-7,14H,1,3-4H2,(H,12,15)(H,13,16). The van der Waals surface area contributed by atoms with Crippen molar-refractivity contribution < 1.29 is 14.0 Å². The van der Waals surface area contributed by atoms with Gasteiger partial charge in [-0.1, -0.05) is 0 Å². The summed E-state index contributed by atoms with van der Waals surface area (Å²) in [5.74, 6) is -0.178. The molecule has 17 heavy (non-hydrogen) atoms. The highest BCUT2D eigenvalue weighted by molar-refractivity contribution is 5.96.